The van der Waals surface area contributed by atoms with Crippen LogP contribution < -0.4 is 5.32 Å². The first-order valence-electron chi connectivity index (χ1n) is 6.29. The summed E-state index contributed by atoms with van der Waals surface area (Å²) in [5.41, 5.74) is 5.76. The maximum atomic E-state index is 9.01. The zero-order chi connectivity index (χ0) is 13.8. The lowest BCUT2D eigenvalue weighted by Crippen LogP contribution is -2.02. The van der Waals surface area contributed by atoms with Crippen molar-refractivity contribution in [3.05, 3.63) is 63.1 Å². The number of benzene rings is 2. The van der Waals surface area contributed by atoms with Crippen LogP contribution in [0.15, 0.2) is 40.9 Å². The molecule has 0 unspecified atom stereocenters. The normalized spacial score (nSPS) is 10.5. The molecule has 0 heterocycles. The molecule has 0 atom stereocenters. The van der Waals surface area contributed by atoms with E-state index in [1.165, 1.54) is 16.7 Å². The van der Waals surface area contributed by atoms with Crippen molar-refractivity contribution < 1.29 is 5.11 Å². The number of hydrogen-bond acceptors (Lipinski definition) is 2. The minimum absolute atomic E-state index is 0.0936. The van der Waals surface area contributed by atoms with Gasteiger partial charge in [-0.25, -0.2) is 0 Å². The van der Waals surface area contributed by atoms with Crippen LogP contribution in [-0.4, -0.2) is 5.11 Å². The lowest BCUT2D eigenvalue weighted by atomic mass is 10.1. The van der Waals surface area contributed by atoms with E-state index in [0.717, 1.165) is 22.3 Å². The van der Waals surface area contributed by atoms with Gasteiger partial charge in [0.05, 0.1) is 12.3 Å². The van der Waals surface area contributed by atoms with Gasteiger partial charge in [0.2, 0.25) is 0 Å². The Morgan fingerprint density at radius 2 is 1.68 bits per heavy atom. The quantitative estimate of drug-likeness (QED) is 0.886. The third kappa shape index (κ3) is 3.58. The first kappa shape index (κ1) is 14.1. The topological polar surface area (TPSA) is 32.3 Å². The summed E-state index contributed by atoms with van der Waals surface area (Å²) in [6.45, 7) is 5.06. The average Bonchev–Trinajstić information content (AvgIpc) is 2.38. The van der Waals surface area contributed by atoms with Crippen LogP contribution in [0.5, 0.6) is 0 Å². The molecule has 0 fully saturated rings. The number of aliphatic hydroxyl groups excluding tert-OH is 1. The van der Waals surface area contributed by atoms with Crippen molar-refractivity contribution in [1.82, 2.24) is 0 Å². The van der Waals surface area contributed by atoms with Gasteiger partial charge in [0.25, 0.3) is 0 Å². The van der Waals surface area contributed by atoms with Crippen LogP contribution in [0.25, 0.3) is 0 Å². The van der Waals surface area contributed by atoms with Gasteiger partial charge in [-0.15, -0.1) is 0 Å². The maximum Gasteiger partial charge on any atom is 0.0681 e. The van der Waals surface area contributed by atoms with Crippen molar-refractivity contribution >= 4 is 21.6 Å². The molecular formula is C16H18BrNO. The zero-order valence-corrected chi connectivity index (χ0v) is 12.8. The lowest BCUT2D eigenvalue weighted by Gasteiger charge is -2.13. The number of rotatable bonds is 4. The van der Waals surface area contributed by atoms with Gasteiger partial charge in [-0.05, 0) is 58.1 Å². The summed E-state index contributed by atoms with van der Waals surface area (Å²) < 4.78 is 1.09. The fourth-order valence-corrected chi connectivity index (χ4v) is 2.91. The van der Waals surface area contributed by atoms with Crippen molar-refractivity contribution in [1.29, 1.82) is 0 Å². The van der Waals surface area contributed by atoms with Crippen LogP contribution in [0.2, 0.25) is 0 Å². The summed E-state index contributed by atoms with van der Waals surface area (Å²) in [6.07, 6.45) is 0. The Balaban J connectivity index is 2.10. The highest BCUT2D eigenvalue weighted by Gasteiger charge is 2.04. The van der Waals surface area contributed by atoms with Crippen LogP contribution in [0, 0.1) is 13.8 Å². The van der Waals surface area contributed by atoms with Crippen LogP contribution in [0.3, 0.4) is 0 Å². The van der Waals surface area contributed by atoms with E-state index in [-0.39, 0.29) is 6.61 Å². The van der Waals surface area contributed by atoms with E-state index < -0.39 is 0 Å². The van der Waals surface area contributed by atoms with Gasteiger partial charge >= 0.3 is 0 Å². The summed E-state index contributed by atoms with van der Waals surface area (Å²) in [7, 11) is 0. The molecule has 0 aliphatic carbocycles. The number of nitrogens with one attached hydrogen (secondary N) is 1. The van der Waals surface area contributed by atoms with E-state index in [1.54, 1.807) is 0 Å². The Labute approximate surface area is 122 Å². The zero-order valence-electron chi connectivity index (χ0n) is 11.2. The minimum atomic E-state index is 0.0936. The van der Waals surface area contributed by atoms with Crippen molar-refractivity contribution in [3.63, 3.8) is 0 Å². The predicted molar refractivity (Wildman–Crippen MR) is 83.3 cm³/mol. The van der Waals surface area contributed by atoms with E-state index in [0.29, 0.717) is 0 Å². The summed E-state index contributed by atoms with van der Waals surface area (Å²) >= 11 is 3.60. The maximum absolute atomic E-state index is 9.01. The first-order chi connectivity index (χ1) is 9.10. The number of aryl methyl sites for hydroxylation is 2. The number of hydrogen-bond donors (Lipinski definition) is 2. The van der Waals surface area contributed by atoms with Crippen molar-refractivity contribution in [2.24, 2.45) is 0 Å². The highest BCUT2D eigenvalue weighted by atomic mass is 79.9. The van der Waals surface area contributed by atoms with Gasteiger partial charge in [0.1, 0.15) is 0 Å². The van der Waals surface area contributed by atoms with E-state index >= 15 is 0 Å². The molecule has 2 nitrogen and oxygen atoms in total. The molecule has 0 saturated carbocycles. The summed E-state index contributed by atoms with van der Waals surface area (Å²) in [6, 6.07) is 12.3. The second-order valence-corrected chi connectivity index (χ2v) is 5.62. The van der Waals surface area contributed by atoms with Gasteiger partial charge in [-0.3, -0.25) is 0 Å². The van der Waals surface area contributed by atoms with Crippen LogP contribution >= 0.6 is 15.9 Å². The Hall–Kier alpha value is -1.32. The highest BCUT2D eigenvalue weighted by molar-refractivity contribution is 9.10. The molecular weight excluding hydrogens is 302 g/mol. The largest absolute Gasteiger partial charge is 0.392 e. The first-order valence-corrected chi connectivity index (χ1v) is 7.08. The minimum Gasteiger partial charge on any atom is -0.392 e. The Morgan fingerprint density at radius 3 is 2.26 bits per heavy atom. The molecule has 2 rings (SSSR count). The molecule has 0 spiro atoms. The summed E-state index contributed by atoms with van der Waals surface area (Å²) in [5.74, 6) is 0. The number of halogens is 1. The Morgan fingerprint density at radius 1 is 1.05 bits per heavy atom. The lowest BCUT2D eigenvalue weighted by molar-refractivity contribution is 0.282. The SMILES string of the molecule is Cc1cc(C)c(NCc2ccc(CO)cc2)c(Br)c1. The van der Waals surface area contributed by atoms with Crippen molar-refractivity contribution in [2.45, 2.75) is 27.0 Å². The van der Waals surface area contributed by atoms with Gasteiger partial charge in [0, 0.05) is 11.0 Å². The molecule has 0 amide bonds. The molecule has 2 aromatic carbocycles. The van der Waals surface area contributed by atoms with Crippen molar-refractivity contribution in [3.8, 4) is 0 Å². The van der Waals surface area contributed by atoms with Gasteiger partial charge in [0.15, 0.2) is 0 Å². The van der Waals surface area contributed by atoms with Crippen LogP contribution in [0.4, 0.5) is 5.69 Å². The predicted octanol–water partition coefficient (Wildman–Crippen LogP) is 4.17. The summed E-state index contributed by atoms with van der Waals surface area (Å²) in [4.78, 5) is 0. The Kier molecular flexibility index (Phi) is 4.61. The van der Waals surface area contributed by atoms with E-state index in [9.17, 15) is 0 Å². The second kappa shape index (κ2) is 6.22. The van der Waals surface area contributed by atoms with Gasteiger partial charge < -0.3 is 10.4 Å². The van der Waals surface area contributed by atoms with Crippen LogP contribution in [-0.2, 0) is 13.2 Å². The molecule has 0 aliphatic rings. The van der Waals surface area contributed by atoms with Crippen molar-refractivity contribution in [2.75, 3.05) is 5.32 Å². The average molecular weight is 320 g/mol. The Bertz CT molecular complexity index is 540. The number of aliphatic hydroxyl groups is 1. The molecule has 100 valence electrons. The fourth-order valence-electron chi connectivity index (χ4n) is 2.09. The molecule has 2 N–H and O–H groups in total. The van der Waals surface area contributed by atoms with Crippen LogP contribution in [0.1, 0.15) is 22.3 Å². The highest BCUT2D eigenvalue weighted by Crippen LogP contribution is 2.28. The molecule has 2 aromatic rings. The monoisotopic (exact) mass is 319 g/mol. The third-order valence-electron chi connectivity index (χ3n) is 3.11. The van der Waals surface area contributed by atoms with E-state index in [1.807, 2.05) is 24.3 Å². The fraction of sp³-hybridized carbons (Fsp3) is 0.250. The smallest absolute Gasteiger partial charge is 0.0681 e. The van der Waals surface area contributed by atoms with E-state index in [4.69, 9.17) is 5.11 Å². The molecule has 3 heteroatoms. The third-order valence-corrected chi connectivity index (χ3v) is 3.73. The molecule has 0 aromatic heterocycles. The molecule has 0 aliphatic heterocycles. The molecule has 0 bridgehead atoms. The second-order valence-electron chi connectivity index (χ2n) is 4.77. The number of anilines is 1. The molecule has 19 heavy (non-hydrogen) atoms. The standard InChI is InChI=1S/C16H18BrNO/c1-11-7-12(2)16(15(17)8-11)18-9-13-3-5-14(10-19)6-4-13/h3-8,18-19H,9-10H2,1-2H3. The van der Waals surface area contributed by atoms with Gasteiger partial charge in [-0.1, -0.05) is 30.3 Å². The van der Waals surface area contributed by atoms with Gasteiger partial charge in [-0.2, -0.15) is 0 Å². The summed E-state index contributed by atoms with van der Waals surface area (Å²) in [5, 5.41) is 12.5. The molecule has 0 radical (unpaired) electrons. The van der Waals surface area contributed by atoms with E-state index in [2.05, 4.69) is 47.2 Å². The molecule has 0 saturated heterocycles.